The average molecular weight is 363 g/mol. The zero-order chi connectivity index (χ0) is 16.7. The summed E-state index contributed by atoms with van der Waals surface area (Å²) < 4.78 is 32.5. The Morgan fingerprint density at radius 1 is 1.29 bits per heavy atom. The molecule has 0 saturated heterocycles. The third-order valence-electron chi connectivity index (χ3n) is 3.88. The molecule has 1 aromatic carbocycles. The van der Waals surface area contributed by atoms with Gasteiger partial charge in [0.05, 0.1) is 22.2 Å². The summed E-state index contributed by atoms with van der Waals surface area (Å²) in [7, 11) is -1.47. The van der Waals surface area contributed by atoms with Crippen molar-refractivity contribution >= 4 is 22.3 Å². The summed E-state index contributed by atoms with van der Waals surface area (Å²) in [6.07, 6.45) is 2.00. The van der Waals surface area contributed by atoms with Crippen molar-refractivity contribution < 1.29 is 8.60 Å². The molecule has 0 N–H and O–H groups in total. The Balaban J connectivity index is 1.71. The number of aromatic nitrogens is 5. The van der Waals surface area contributed by atoms with Crippen molar-refractivity contribution in [1.29, 1.82) is 0 Å². The molecule has 0 amide bonds. The van der Waals surface area contributed by atoms with Crippen molar-refractivity contribution in [2.75, 3.05) is 0 Å². The van der Waals surface area contributed by atoms with Crippen molar-refractivity contribution in [2.24, 2.45) is 0 Å². The van der Waals surface area contributed by atoms with E-state index in [-0.39, 0.29) is 17.6 Å². The molecule has 3 aromatic rings. The molecule has 1 aliphatic carbocycles. The molecule has 2 aromatic heterocycles. The predicted octanol–water partition coefficient (Wildman–Crippen LogP) is 2.89. The maximum atomic E-state index is 13.8. The van der Waals surface area contributed by atoms with E-state index >= 15 is 0 Å². The van der Waals surface area contributed by atoms with E-state index in [9.17, 15) is 8.60 Å². The molecule has 124 valence electrons. The highest BCUT2D eigenvalue weighted by Crippen LogP contribution is 2.40. The van der Waals surface area contributed by atoms with Crippen LogP contribution < -0.4 is 0 Å². The lowest BCUT2D eigenvalue weighted by molar-refractivity contribution is 0.611. The van der Waals surface area contributed by atoms with Crippen molar-refractivity contribution in [1.82, 2.24) is 24.4 Å². The molecule has 0 radical (unpaired) electrons. The molecule has 4 rings (SSSR count). The second-order valence-corrected chi connectivity index (χ2v) is 7.78. The van der Waals surface area contributed by atoms with Crippen LogP contribution in [0.1, 0.15) is 30.1 Å². The molecule has 24 heavy (non-hydrogen) atoms. The Kier molecular flexibility index (Phi) is 3.97. The number of aryl methyl sites for hydroxylation is 1. The molecule has 6 nitrogen and oxygen atoms in total. The fourth-order valence-electron chi connectivity index (χ4n) is 2.51. The SMILES string of the molecule is Cc1nnsc1-c1nnc(S(=O)Cc2ccccc2F)n1C1CC1. The summed E-state index contributed by atoms with van der Waals surface area (Å²) in [5.41, 5.74) is 1.19. The number of benzene rings is 1. The molecular weight excluding hydrogens is 349 g/mol. The van der Waals surface area contributed by atoms with Gasteiger partial charge in [-0.3, -0.25) is 8.78 Å². The Labute approximate surface area is 144 Å². The van der Waals surface area contributed by atoms with Crippen molar-refractivity contribution in [3.05, 3.63) is 41.3 Å². The Morgan fingerprint density at radius 3 is 2.75 bits per heavy atom. The predicted molar refractivity (Wildman–Crippen MR) is 88.4 cm³/mol. The van der Waals surface area contributed by atoms with Gasteiger partial charge in [0.2, 0.25) is 5.16 Å². The van der Waals surface area contributed by atoms with Gasteiger partial charge in [-0.2, -0.15) is 0 Å². The quantitative estimate of drug-likeness (QED) is 0.697. The highest BCUT2D eigenvalue weighted by atomic mass is 32.2. The molecule has 9 heteroatoms. The largest absolute Gasteiger partial charge is 0.296 e. The van der Waals surface area contributed by atoms with Crippen LogP contribution in [0.4, 0.5) is 4.39 Å². The summed E-state index contributed by atoms with van der Waals surface area (Å²) in [5, 5.41) is 12.8. The summed E-state index contributed by atoms with van der Waals surface area (Å²) in [6, 6.07) is 6.61. The van der Waals surface area contributed by atoms with Gasteiger partial charge in [0.1, 0.15) is 10.7 Å². The molecule has 1 unspecified atom stereocenters. The summed E-state index contributed by atoms with van der Waals surface area (Å²) in [4.78, 5) is 0.837. The highest BCUT2D eigenvalue weighted by Gasteiger charge is 2.33. The third-order valence-corrected chi connectivity index (χ3v) is 5.96. The minimum Gasteiger partial charge on any atom is -0.296 e. The lowest BCUT2D eigenvalue weighted by Crippen LogP contribution is -2.08. The minimum atomic E-state index is -1.47. The van der Waals surface area contributed by atoms with Gasteiger partial charge >= 0.3 is 0 Å². The standard InChI is InChI=1S/C15H14FN5OS2/c1-9-13(23-20-17-9)14-18-19-15(21(14)11-6-7-11)24(22)8-10-4-2-3-5-12(10)16/h2-5,11H,6-8H2,1H3. The van der Waals surface area contributed by atoms with Crippen LogP contribution in [0.15, 0.2) is 29.4 Å². The van der Waals surface area contributed by atoms with Crippen LogP contribution in [0.5, 0.6) is 0 Å². The van der Waals surface area contributed by atoms with E-state index in [1.54, 1.807) is 18.2 Å². The maximum Gasteiger partial charge on any atom is 0.222 e. The summed E-state index contributed by atoms with van der Waals surface area (Å²) in [6.45, 7) is 1.86. The van der Waals surface area contributed by atoms with E-state index in [1.807, 2.05) is 11.5 Å². The van der Waals surface area contributed by atoms with E-state index in [0.717, 1.165) is 23.4 Å². The number of rotatable bonds is 5. The fourth-order valence-corrected chi connectivity index (χ4v) is 4.38. The first kappa shape index (κ1) is 15.5. The average Bonchev–Trinajstić information content (AvgIpc) is 3.17. The molecule has 0 aliphatic heterocycles. The van der Waals surface area contributed by atoms with Crippen LogP contribution in [0.2, 0.25) is 0 Å². The molecule has 1 saturated carbocycles. The van der Waals surface area contributed by atoms with E-state index in [2.05, 4.69) is 19.8 Å². The first-order chi connectivity index (χ1) is 11.6. The molecule has 1 atom stereocenters. The number of halogens is 1. The van der Waals surface area contributed by atoms with Crippen molar-refractivity contribution in [2.45, 2.75) is 36.7 Å². The normalized spacial score (nSPS) is 15.6. The van der Waals surface area contributed by atoms with Crippen LogP contribution in [-0.2, 0) is 16.6 Å². The van der Waals surface area contributed by atoms with E-state index in [4.69, 9.17) is 0 Å². The Bertz CT molecular complexity index is 918. The molecule has 2 heterocycles. The van der Waals surface area contributed by atoms with E-state index in [0.29, 0.717) is 16.5 Å². The molecule has 1 aliphatic rings. The lowest BCUT2D eigenvalue weighted by Gasteiger charge is -2.08. The zero-order valence-electron chi connectivity index (χ0n) is 12.8. The maximum absolute atomic E-state index is 13.8. The first-order valence-corrected chi connectivity index (χ1v) is 9.60. The lowest BCUT2D eigenvalue weighted by atomic mass is 10.2. The van der Waals surface area contributed by atoms with Gasteiger partial charge in [-0.05, 0) is 37.4 Å². The van der Waals surface area contributed by atoms with Gasteiger partial charge < -0.3 is 0 Å². The summed E-state index contributed by atoms with van der Waals surface area (Å²) >= 11 is 1.25. The van der Waals surface area contributed by atoms with Crippen LogP contribution in [0.3, 0.4) is 0 Å². The molecular formula is C15H14FN5OS2. The number of hydrogen-bond acceptors (Lipinski definition) is 6. The fraction of sp³-hybridized carbons (Fsp3) is 0.333. The zero-order valence-corrected chi connectivity index (χ0v) is 14.5. The van der Waals surface area contributed by atoms with Crippen molar-refractivity contribution in [3.63, 3.8) is 0 Å². The van der Waals surface area contributed by atoms with Gasteiger partial charge in [0.15, 0.2) is 5.82 Å². The Hall–Kier alpha value is -2.00. The van der Waals surface area contributed by atoms with Crippen LogP contribution >= 0.6 is 11.5 Å². The van der Waals surface area contributed by atoms with Crippen LogP contribution in [-0.4, -0.2) is 28.6 Å². The second kappa shape index (κ2) is 6.14. The third kappa shape index (κ3) is 2.78. The highest BCUT2D eigenvalue weighted by molar-refractivity contribution is 7.84. The van der Waals surface area contributed by atoms with Crippen LogP contribution in [0.25, 0.3) is 10.7 Å². The van der Waals surface area contributed by atoms with Gasteiger partial charge in [0.25, 0.3) is 0 Å². The number of hydrogen-bond donors (Lipinski definition) is 0. The molecule has 0 bridgehead atoms. The molecule has 1 fully saturated rings. The van der Waals surface area contributed by atoms with Gasteiger partial charge in [-0.25, -0.2) is 4.39 Å². The van der Waals surface area contributed by atoms with Crippen LogP contribution in [0, 0.1) is 12.7 Å². The Morgan fingerprint density at radius 2 is 2.08 bits per heavy atom. The van der Waals surface area contributed by atoms with E-state index < -0.39 is 10.8 Å². The topological polar surface area (TPSA) is 73.6 Å². The smallest absolute Gasteiger partial charge is 0.222 e. The first-order valence-electron chi connectivity index (χ1n) is 7.51. The van der Waals surface area contributed by atoms with Gasteiger partial charge in [-0.15, -0.1) is 15.3 Å². The van der Waals surface area contributed by atoms with E-state index in [1.165, 1.54) is 17.6 Å². The van der Waals surface area contributed by atoms with Gasteiger partial charge in [-0.1, -0.05) is 22.7 Å². The van der Waals surface area contributed by atoms with Gasteiger partial charge in [0, 0.05) is 11.6 Å². The second-order valence-electron chi connectivity index (χ2n) is 5.68. The van der Waals surface area contributed by atoms with Crippen molar-refractivity contribution in [3.8, 4) is 10.7 Å². The summed E-state index contributed by atoms with van der Waals surface area (Å²) in [5.74, 6) is 0.380. The molecule has 0 spiro atoms. The number of nitrogens with zero attached hydrogens (tertiary/aromatic N) is 5. The minimum absolute atomic E-state index is 0.0808. The monoisotopic (exact) mass is 363 g/mol.